The maximum Gasteiger partial charge on any atom is 0.250 e. The van der Waals surface area contributed by atoms with Crippen LogP contribution in [0.4, 0.5) is 0 Å². The molecule has 114 valence electrons. The van der Waals surface area contributed by atoms with E-state index < -0.39 is 10.0 Å². The van der Waals surface area contributed by atoms with Crippen molar-refractivity contribution >= 4 is 21.4 Å². The van der Waals surface area contributed by atoms with Gasteiger partial charge in [-0.05, 0) is 37.8 Å². The van der Waals surface area contributed by atoms with Gasteiger partial charge in [0.15, 0.2) is 0 Å². The molecule has 1 aromatic rings. The van der Waals surface area contributed by atoms with E-state index in [4.69, 9.17) is 0 Å². The average molecular weight is 316 g/mol. The lowest BCUT2D eigenvalue weighted by Gasteiger charge is -2.31. The van der Waals surface area contributed by atoms with Gasteiger partial charge in [-0.3, -0.25) is 0 Å². The molecule has 0 bridgehead atoms. The third-order valence-corrected chi connectivity index (χ3v) is 6.92. The van der Waals surface area contributed by atoms with Crippen molar-refractivity contribution in [3.05, 3.63) is 17.0 Å². The molecule has 0 radical (unpaired) electrons. The molecule has 1 saturated carbocycles. The van der Waals surface area contributed by atoms with Gasteiger partial charge >= 0.3 is 0 Å². The summed E-state index contributed by atoms with van der Waals surface area (Å²) in [6, 6.07) is 4.03. The van der Waals surface area contributed by atoms with E-state index in [0.29, 0.717) is 16.2 Å². The minimum Gasteiger partial charge on any atom is -0.310 e. The van der Waals surface area contributed by atoms with Crippen LogP contribution in [0, 0.1) is 5.92 Å². The van der Waals surface area contributed by atoms with Gasteiger partial charge in [-0.15, -0.1) is 11.3 Å². The molecule has 1 aromatic heterocycles. The molecule has 1 aliphatic carbocycles. The lowest BCUT2D eigenvalue weighted by Crippen LogP contribution is -2.40. The highest BCUT2D eigenvalue weighted by molar-refractivity contribution is 7.91. The molecule has 6 heteroatoms. The van der Waals surface area contributed by atoms with E-state index in [1.165, 1.54) is 17.8 Å². The van der Waals surface area contributed by atoms with Gasteiger partial charge in [0.1, 0.15) is 4.21 Å². The van der Waals surface area contributed by atoms with Gasteiger partial charge in [-0.2, -0.15) is 0 Å². The number of thiophene rings is 1. The molecule has 0 spiro atoms. The molecule has 20 heavy (non-hydrogen) atoms. The molecule has 1 heterocycles. The van der Waals surface area contributed by atoms with E-state index >= 15 is 0 Å². The van der Waals surface area contributed by atoms with Crippen LogP contribution < -0.4 is 10.0 Å². The second-order valence-electron chi connectivity index (χ2n) is 5.86. The quantitative estimate of drug-likeness (QED) is 0.813. The zero-order valence-corrected chi connectivity index (χ0v) is 14.0. The first-order valence-electron chi connectivity index (χ1n) is 7.23. The topological polar surface area (TPSA) is 58.2 Å². The zero-order valence-electron chi connectivity index (χ0n) is 12.3. The van der Waals surface area contributed by atoms with Crippen LogP contribution >= 0.6 is 11.3 Å². The number of rotatable bonds is 7. The fraction of sp³-hybridized carbons (Fsp3) is 0.714. The minimum absolute atomic E-state index is 0.0353. The Bertz CT molecular complexity index is 533. The van der Waals surface area contributed by atoms with E-state index in [1.54, 1.807) is 6.07 Å². The van der Waals surface area contributed by atoms with E-state index in [1.807, 2.05) is 13.0 Å². The lowest BCUT2D eigenvalue weighted by molar-refractivity contribution is 0.260. The molecule has 2 N–H and O–H groups in total. The number of nitrogens with one attached hydrogen (secondary N) is 2. The monoisotopic (exact) mass is 316 g/mol. The predicted octanol–water partition coefficient (Wildman–Crippen LogP) is 2.71. The minimum atomic E-state index is -3.36. The summed E-state index contributed by atoms with van der Waals surface area (Å²) in [5.74, 6) is 0.506. The third kappa shape index (κ3) is 4.04. The SMILES string of the molecule is CC(C)NCc1ccc(S(=O)(=O)NC(C)C2CCC2)s1. The Morgan fingerprint density at radius 3 is 2.55 bits per heavy atom. The summed E-state index contributed by atoms with van der Waals surface area (Å²) in [7, 11) is -3.36. The molecule has 1 aliphatic rings. The molecule has 0 saturated heterocycles. The van der Waals surface area contributed by atoms with Crippen molar-refractivity contribution < 1.29 is 8.42 Å². The molecule has 1 atom stereocenters. The molecule has 1 fully saturated rings. The summed E-state index contributed by atoms with van der Waals surface area (Å²) in [6.07, 6.45) is 3.50. The van der Waals surface area contributed by atoms with Crippen molar-refractivity contribution in [3.63, 3.8) is 0 Å². The van der Waals surface area contributed by atoms with E-state index in [9.17, 15) is 8.42 Å². The lowest BCUT2D eigenvalue weighted by atomic mass is 9.81. The van der Waals surface area contributed by atoms with Crippen LogP contribution in [0.5, 0.6) is 0 Å². The first kappa shape index (κ1) is 15.9. The molecule has 2 rings (SSSR count). The molecule has 0 aromatic carbocycles. The Balaban J connectivity index is 1.98. The summed E-state index contributed by atoms with van der Waals surface area (Å²) in [5.41, 5.74) is 0. The van der Waals surface area contributed by atoms with Crippen LogP contribution in [0.25, 0.3) is 0 Å². The van der Waals surface area contributed by atoms with Crippen LogP contribution in [0.2, 0.25) is 0 Å². The maximum atomic E-state index is 12.3. The van der Waals surface area contributed by atoms with Gasteiger partial charge in [-0.1, -0.05) is 20.3 Å². The van der Waals surface area contributed by atoms with Crippen molar-refractivity contribution in [1.29, 1.82) is 0 Å². The fourth-order valence-electron chi connectivity index (χ4n) is 2.24. The Morgan fingerprint density at radius 2 is 2.00 bits per heavy atom. The van der Waals surface area contributed by atoms with Gasteiger partial charge in [0.25, 0.3) is 0 Å². The molecule has 0 aliphatic heterocycles. The first-order valence-corrected chi connectivity index (χ1v) is 9.53. The van der Waals surface area contributed by atoms with Crippen molar-refractivity contribution in [2.75, 3.05) is 0 Å². The summed E-state index contributed by atoms with van der Waals surface area (Å²) in [4.78, 5) is 1.05. The molecule has 4 nitrogen and oxygen atoms in total. The Kier molecular flexibility index (Phi) is 5.23. The van der Waals surface area contributed by atoms with Crippen LogP contribution in [0.1, 0.15) is 44.9 Å². The van der Waals surface area contributed by atoms with Crippen molar-refractivity contribution in [2.24, 2.45) is 5.92 Å². The van der Waals surface area contributed by atoms with Crippen molar-refractivity contribution in [3.8, 4) is 0 Å². The molecule has 1 unspecified atom stereocenters. The van der Waals surface area contributed by atoms with Gasteiger partial charge < -0.3 is 5.32 Å². The largest absolute Gasteiger partial charge is 0.310 e. The first-order chi connectivity index (χ1) is 9.38. The zero-order chi connectivity index (χ0) is 14.8. The highest BCUT2D eigenvalue weighted by Gasteiger charge is 2.28. The number of sulfonamides is 1. The second kappa shape index (κ2) is 6.56. The normalized spacial score (nSPS) is 18.2. The van der Waals surface area contributed by atoms with E-state index in [0.717, 1.165) is 24.3 Å². The van der Waals surface area contributed by atoms with E-state index in [-0.39, 0.29) is 6.04 Å². The van der Waals surface area contributed by atoms with Gasteiger partial charge in [0.05, 0.1) is 0 Å². The number of hydrogen-bond donors (Lipinski definition) is 2. The second-order valence-corrected chi connectivity index (χ2v) is 8.97. The Labute approximate surface area is 126 Å². The summed E-state index contributed by atoms with van der Waals surface area (Å²) < 4.78 is 27.9. The van der Waals surface area contributed by atoms with E-state index in [2.05, 4.69) is 23.9 Å². The highest BCUT2D eigenvalue weighted by atomic mass is 32.2. The fourth-order valence-corrected chi connectivity index (χ4v) is 4.88. The van der Waals surface area contributed by atoms with Gasteiger partial charge in [-0.25, -0.2) is 13.1 Å². The van der Waals surface area contributed by atoms with Crippen molar-refractivity contribution in [1.82, 2.24) is 10.0 Å². The summed E-state index contributed by atoms with van der Waals surface area (Å²) in [5, 5.41) is 3.30. The van der Waals surface area contributed by atoms with Crippen LogP contribution in [-0.4, -0.2) is 20.5 Å². The predicted molar refractivity (Wildman–Crippen MR) is 83.4 cm³/mol. The molecular weight excluding hydrogens is 292 g/mol. The maximum absolute atomic E-state index is 12.3. The van der Waals surface area contributed by atoms with Crippen LogP contribution in [-0.2, 0) is 16.6 Å². The number of hydrogen-bond acceptors (Lipinski definition) is 4. The van der Waals surface area contributed by atoms with Crippen LogP contribution in [0.3, 0.4) is 0 Å². The molecule has 0 amide bonds. The Hall–Kier alpha value is -0.430. The molecular formula is C14H24N2O2S2. The smallest absolute Gasteiger partial charge is 0.250 e. The van der Waals surface area contributed by atoms with Crippen molar-refractivity contribution in [2.45, 2.75) is 62.9 Å². The average Bonchev–Trinajstić information content (AvgIpc) is 2.71. The van der Waals surface area contributed by atoms with Gasteiger partial charge in [0.2, 0.25) is 10.0 Å². The highest BCUT2D eigenvalue weighted by Crippen LogP contribution is 2.30. The summed E-state index contributed by atoms with van der Waals surface area (Å²) in [6.45, 7) is 6.84. The standard InChI is InChI=1S/C14H24N2O2S2/c1-10(2)15-9-13-7-8-14(19-13)20(17,18)16-11(3)12-5-4-6-12/h7-8,10-12,15-16H,4-6,9H2,1-3H3. The summed E-state index contributed by atoms with van der Waals surface area (Å²) >= 11 is 1.35. The Morgan fingerprint density at radius 1 is 1.30 bits per heavy atom. The van der Waals surface area contributed by atoms with Gasteiger partial charge in [0, 0.05) is 23.5 Å². The van der Waals surface area contributed by atoms with Crippen LogP contribution in [0.15, 0.2) is 16.3 Å². The third-order valence-electron chi connectivity index (χ3n) is 3.78.